The first-order chi connectivity index (χ1) is 8.56. The molecule has 1 aromatic carbocycles. The van der Waals surface area contributed by atoms with E-state index in [2.05, 4.69) is 24.4 Å². The van der Waals surface area contributed by atoms with Crippen molar-refractivity contribution in [2.75, 3.05) is 13.2 Å². The van der Waals surface area contributed by atoms with Crippen LogP contribution in [0.4, 0.5) is 0 Å². The largest absolute Gasteiger partial charge is 0.396 e. The third-order valence-corrected chi connectivity index (χ3v) is 3.29. The fourth-order valence-corrected chi connectivity index (χ4v) is 1.94. The predicted molar refractivity (Wildman–Crippen MR) is 73.3 cm³/mol. The number of carbonyl (C=O) groups excluding carboxylic acids is 1. The fourth-order valence-electron chi connectivity index (χ4n) is 1.94. The Bertz CT molecular complexity index is 388. The summed E-state index contributed by atoms with van der Waals surface area (Å²) in [7, 11) is 0. The molecule has 0 bridgehead atoms. The Labute approximate surface area is 109 Å². The lowest BCUT2D eigenvalue weighted by molar-refractivity contribution is -0.127. The molecule has 1 unspecified atom stereocenters. The third kappa shape index (κ3) is 4.15. The van der Waals surface area contributed by atoms with Crippen molar-refractivity contribution in [3.05, 3.63) is 35.4 Å². The number of rotatable bonds is 6. The smallest absolute Gasteiger partial charge is 0.225 e. The minimum atomic E-state index is -0.304. The number of nitrogens with one attached hydrogen (secondary N) is 1. The van der Waals surface area contributed by atoms with Gasteiger partial charge >= 0.3 is 0 Å². The second kappa shape index (κ2) is 7.17. The molecule has 0 saturated carbocycles. The van der Waals surface area contributed by atoms with Crippen molar-refractivity contribution < 1.29 is 9.90 Å². The summed E-state index contributed by atoms with van der Waals surface area (Å²) in [5.74, 6) is -0.198. The summed E-state index contributed by atoms with van der Waals surface area (Å²) in [5, 5.41) is 12.1. The summed E-state index contributed by atoms with van der Waals surface area (Å²) >= 11 is 0. The number of benzene rings is 1. The zero-order valence-corrected chi connectivity index (χ0v) is 11.4. The van der Waals surface area contributed by atoms with Gasteiger partial charge in [0.15, 0.2) is 0 Å². The van der Waals surface area contributed by atoms with Crippen LogP contribution in [0, 0.1) is 18.8 Å². The maximum Gasteiger partial charge on any atom is 0.225 e. The Morgan fingerprint density at radius 3 is 2.56 bits per heavy atom. The summed E-state index contributed by atoms with van der Waals surface area (Å²) in [4.78, 5) is 11.8. The van der Waals surface area contributed by atoms with Gasteiger partial charge < -0.3 is 10.4 Å². The quantitative estimate of drug-likeness (QED) is 0.809. The average molecular weight is 249 g/mol. The minimum absolute atomic E-state index is 0.0546. The minimum Gasteiger partial charge on any atom is -0.396 e. The number of aryl methyl sites for hydroxylation is 1. The summed E-state index contributed by atoms with van der Waals surface area (Å²) in [5.41, 5.74) is 2.50. The highest BCUT2D eigenvalue weighted by molar-refractivity contribution is 5.78. The molecular formula is C15H23NO2. The SMILES string of the molecule is Cc1ccccc1CCNC(=O)C(CO)C(C)C. The number of hydrogen-bond acceptors (Lipinski definition) is 2. The van der Waals surface area contributed by atoms with E-state index in [1.54, 1.807) is 0 Å². The molecule has 1 amide bonds. The van der Waals surface area contributed by atoms with Gasteiger partial charge in [0.1, 0.15) is 0 Å². The van der Waals surface area contributed by atoms with Crippen LogP contribution in [0.15, 0.2) is 24.3 Å². The molecule has 0 fully saturated rings. The van der Waals surface area contributed by atoms with E-state index in [-0.39, 0.29) is 24.3 Å². The Kier molecular flexibility index (Phi) is 5.86. The number of aliphatic hydroxyl groups excluding tert-OH is 1. The van der Waals surface area contributed by atoms with E-state index in [4.69, 9.17) is 5.11 Å². The molecule has 0 aliphatic carbocycles. The maximum atomic E-state index is 11.8. The Balaban J connectivity index is 2.42. The second-order valence-electron chi connectivity index (χ2n) is 5.00. The van der Waals surface area contributed by atoms with Gasteiger partial charge in [-0.05, 0) is 30.4 Å². The van der Waals surface area contributed by atoms with Crippen LogP contribution >= 0.6 is 0 Å². The Morgan fingerprint density at radius 1 is 1.33 bits per heavy atom. The highest BCUT2D eigenvalue weighted by Gasteiger charge is 2.20. The van der Waals surface area contributed by atoms with Gasteiger partial charge in [-0.15, -0.1) is 0 Å². The van der Waals surface area contributed by atoms with Gasteiger partial charge in [-0.3, -0.25) is 4.79 Å². The lowest BCUT2D eigenvalue weighted by atomic mass is 9.96. The highest BCUT2D eigenvalue weighted by Crippen LogP contribution is 2.10. The summed E-state index contributed by atoms with van der Waals surface area (Å²) in [6.45, 7) is 6.49. The van der Waals surface area contributed by atoms with Gasteiger partial charge in [-0.1, -0.05) is 38.1 Å². The first kappa shape index (κ1) is 14.7. The zero-order chi connectivity index (χ0) is 13.5. The van der Waals surface area contributed by atoms with E-state index in [1.165, 1.54) is 11.1 Å². The normalized spacial score (nSPS) is 12.5. The molecule has 1 rings (SSSR count). The van der Waals surface area contributed by atoms with Gasteiger partial charge in [0.25, 0.3) is 0 Å². The molecule has 3 heteroatoms. The van der Waals surface area contributed by atoms with Crippen molar-refractivity contribution in [3.8, 4) is 0 Å². The van der Waals surface area contributed by atoms with Crippen molar-refractivity contribution in [1.82, 2.24) is 5.32 Å². The molecule has 0 heterocycles. The average Bonchev–Trinajstić information content (AvgIpc) is 2.32. The van der Waals surface area contributed by atoms with Crippen molar-refractivity contribution in [2.24, 2.45) is 11.8 Å². The third-order valence-electron chi connectivity index (χ3n) is 3.29. The van der Waals surface area contributed by atoms with Crippen molar-refractivity contribution in [2.45, 2.75) is 27.2 Å². The molecule has 1 atom stereocenters. The molecule has 18 heavy (non-hydrogen) atoms. The molecule has 3 nitrogen and oxygen atoms in total. The van der Waals surface area contributed by atoms with Crippen LogP contribution in [0.3, 0.4) is 0 Å². The molecular weight excluding hydrogens is 226 g/mol. The molecule has 0 aromatic heterocycles. The van der Waals surface area contributed by atoms with Crippen LogP contribution in [0.5, 0.6) is 0 Å². The fraction of sp³-hybridized carbons (Fsp3) is 0.533. The number of hydrogen-bond donors (Lipinski definition) is 2. The van der Waals surface area contributed by atoms with E-state index in [1.807, 2.05) is 26.0 Å². The van der Waals surface area contributed by atoms with Crippen LogP contribution in [0.2, 0.25) is 0 Å². The molecule has 100 valence electrons. The molecule has 0 aliphatic rings. The number of carbonyl (C=O) groups is 1. The van der Waals surface area contributed by atoms with E-state index in [9.17, 15) is 4.79 Å². The van der Waals surface area contributed by atoms with E-state index in [0.29, 0.717) is 6.54 Å². The van der Waals surface area contributed by atoms with Gasteiger partial charge in [0.05, 0.1) is 12.5 Å². The monoisotopic (exact) mass is 249 g/mol. The second-order valence-corrected chi connectivity index (χ2v) is 5.00. The Hall–Kier alpha value is -1.35. The van der Waals surface area contributed by atoms with E-state index >= 15 is 0 Å². The number of amides is 1. The van der Waals surface area contributed by atoms with Crippen molar-refractivity contribution in [1.29, 1.82) is 0 Å². The Morgan fingerprint density at radius 2 is 2.00 bits per heavy atom. The van der Waals surface area contributed by atoms with Crippen LogP contribution in [-0.2, 0) is 11.2 Å². The lowest BCUT2D eigenvalue weighted by Crippen LogP contribution is -2.36. The van der Waals surface area contributed by atoms with Crippen molar-refractivity contribution in [3.63, 3.8) is 0 Å². The van der Waals surface area contributed by atoms with Crippen LogP contribution in [0.25, 0.3) is 0 Å². The van der Waals surface area contributed by atoms with Gasteiger partial charge in [0, 0.05) is 6.54 Å². The van der Waals surface area contributed by atoms with Gasteiger partial charge in [-0.25, -0.2) is 0 Å². The van der Waals surface area contributed by atoms with Crippen LogP contribution in [-0.4, -0.2) is 24.2 Å². The zero-order valence-electron chi connectivity index (χ0n) is 11.4. The maximum absolute atomic E-state index is 11.8. The number of aliphatic hydroxyl groups is 1. The molecule has 0 aliphatic heterocycles. The summed E-state index contributed by atoms with van der Waals surface area (Å²) in [6, 6.07) is 8.17. The molecule has 0 radical (unpaired) electrons. The van der Waals surface area contributed by atoms with E-state index < -0.39 is 0 Å². The first-order valence-electron chi connectivity index (χ1n) is 6.49. The lowest BCUT2D eigenvalue weighted by Gasteiger charge is -2.17. The first-order valence-corrected chi connectivity index (χ1v) is 6.49. The molecule has 2 N–H and O–H groups in total. The van der Waals surface area contributed by atoms with Gasteiger partial charge in [0.2, 0.25) is 5.91 Å². The van der Waals surface area contributed by atoms with Crippen LogP contribution < -0.4 is 5.32 Å². The molecule has 1 aromatic rings. The van der Waals surface area contributed by atoms with Gasteiger partial charge in [-0.2, -0.15) is 0 Å². The van der Waals surface area contributed by atoms with Crippen molar-refractivity contribution >= 4 is 5.91 Å². The standard InChI is InChI=1S/C15H23NO2/c1-11(2)14(10-17)15(18)16-9-8-13-7-5-4-6-12(13)3/h4-7,11,14,17H,8-10H2,1-3H3,(H,16,18). The predicted octanol–water partition coefficient (Wildman–Crippen LogP) is 1.92. The molecule has 0 saturated heterocycles. The van der Waals surface area contributed by atoms with Crippen LogP contribution in [0.1, 0.15) is 25.0 Å². The highest BCUT2D eigenvalue weighted by atomic mass is 16.3. The van der Waals surface area contributed by atoms with E-state index in [0.717, 1.165) is 6.42 Å². The topological polar surface area (TPSA) is 49.3 Å². The summed E-state index contributed by atoms with van der Waals surface area (Å²) in [6.07, 6.45) is 0.828. The molecule has 0 spiro atoms. The summed E-state index contributed by atoms with van der Waals surface area (Å²) < 4.78 is 0.